The number of likely N-dealkylation sites (tertiary alicyclic amines) is 1. The Morgan fingerprint density at radius 3 is 2.77 bits per heavy atom. The average molecular weight is 428 g/mol. The molecule has 5 nitrogen and oxygen atoms in total. The normalized spacial score (nSPS) is 14.7. The number of hydrogen-bond donors (Lipinski definition) is 1. The molecule has 7 heteroatoms. The van der Waals surface area contributed by atoms with Crippen molar-refractivity contribution in [2.45, 2.75) is 25.3 Å². The van der Waals surface area contributed by atoms with Gasteiger partial charge in [0.25, 0.3) is 0 Å². The Bertz CT molecular complexity index is 1070. The highest BCUT2D eigenvalue weighted by Gasteiger charge is 2.24. The number of carbonyl (C=O) groups is 1. The lowest BCUT2D eigenvalue weighted by Gasteiger charge is -2.33. The second-order valence-corrected chi connectivity index (χ2v) is 7.81. The van der Waals surface area contributed by atoms with Crippen LogP contribution in [-0.2, 0) is 11.2 Å². The molecule has 0 spiro atoms. The first-order chi connectivity index (χ1) is 14.6. The third-order valence-corrected chi connectivity index (χ3v) is 5.87. The molecule has 30 heavy (non-hydrogen) atoms. The highest BCUT2D eigenvalue weighted by Crippen LogP contribution is 2.29. The summed E-state index contributed by atoms with van der Waals surface area (Å²) in [5.74, 6) is 0.404. The van der Waals surface area contributed by atoms with Crippen LogP contribution in [0.3, 0.4) is 0 Å². The number of amides is 1. The molecule has 1 aromatic heterocycles. The molecular weight excluding hydrogens is 405 g/mol. The number of fused-ring (bicyclic) bond motifs is 1. The molecule has 156 valence electrons. The number of aromatic nitrogens is 1. The van der Waals surface area contributed by atoms with Gasteiger partial charge in [0.15, 0.2) is 5.82 Å². The molecule has 0 unspecified atom stereocenters. The van der Waals surface area contributed by atoms with E-state index in [1.807, 2.05) is 29.2 Å². The van der Waals surface area contributed by atoms with Gasteiger partial charge in [0, 0.05) is 36.3 Å². The summed E-state index contributed by atoms with van der Waals surface area (Å²) in [6.45, 7) is 1.26. The number of methoxy groups -OCH3 is 1. The number of nitrogens with one attached hydrogen (secondary N) is 1. The fourth-order valence-corrected chi connectivity index (χ4v) is 4.09. The highest BCUT2D eigenvalue weighted by atomic mass is 35.5. The zero-order valence-corrected chi connectivity index (χ0v) is 17.5. The molecular formula is C23H23ClFN3O2. The van der Waals surface area contributed by atoms with E-state index in [1.165, 1.54) is 6.20 Å². The predicted molar refractivity (Wildman–Crippen MR) is 117 cm³/mol. The van der Waals surface area contributed by atoms with E-state index in [0.29, 0.717) is 35.6 Å². The van der Waals surface area contributed by atoms with Crippen molar-refractivity contribution in [3.8, 4) is 5.75 Å². The quantitative estimate of drug-likeness (QED) is 0.642. The molecule has 2 aromatic carbocycles. The smallest absolute Gasteiger partial charge is 0.227 e. The van der Waals surface area contributed by atoms with E-state index >= 15 is 0 Å². The molecule has 1 fully saturated rings. The summed E-state index contributed by atoms with van der Waals surface area (Å²) in [6.07, 6.45) is 3.31. The van der Waals surface area contributed by atoms with Crippen molar-refractivity contribution in [1.29, 1.82) is 0 Å². The highest BCUT2D eigenvalue weighted by molar-refractivity contribution is 6.35. The number of para-hydroxylation sites is 1. The Labute approximate surface area is 179 Å². The van der Waals surface area contributed by atoms with Crippen molar-refractivity contribution in [3.63, 3.8) is 0 Å². The zero-order chi connectivity index (χ0) is 21.1. The number of anilines is 1. The number of nitrogens with zero attached hydrogens (tertiary/aromatic N) is 2. The second-order valence-electron chi connectivity index (χ2n) is 7.40. The van der Waals surface area contributed by atoms with Gasteiger partial charge < -0.3 is 15.0 Å². The first-order valence-corrected chi connectivity index (χ1v) is 10.3. The number of rotatable bonds is 5. The molecule has 1 aliphatic rings. The maximum absolute atomic E-state index is 14.9. The van der Waals surface area contributed by atoms with E-state index in [0.717, 1.165) is 24.2 Å². The first kappa shape index (κ1) is 20.4. The summed E-state index contributed by atoms with van der Waals surface area (Å²) in [5.41, 5.74) is 1.56. The molecule has 0 radical (unpaired) electrons. The number of ether oxygens (including phenoxy) is 1. The predicted octanol–water partition coefficient (Wildman–Crippen LogP) is 4.68. The summed E-state index contributed by atoms with van der Waals surface area (Å²) < 4.78 is 20.2. The summed E-state index contributed by atoms with van der Waals surface area (Å²) in [5, 5.41) is 4.35. The molecule has 2 heterocycles. The van der Waals surface area contributed by atoms with Crippen molar-refractivity contribution in [2.75, 3.05) is 25.5 Å². The third kappa shape index (κ3) is 4.19. The van der Waals surface area contributed by atoms with Crippen LogP contribution >= 0.6 is 11.6 Å². The first-order valence-electron chi connectivity index (χ1n) is 9.95. The van der Waals surface area contributed by atoms with Gasteiger partial charge in [-0.05, 0) is 37.1 Å². The fraction of sp³-hybridized carbons (Fsp3) is 0.304. The number of pyridine rings is 1. The Balaban J connectivity index is 1.37. The number of carbonyl (C=O) groups excluding carboxylic acids is 1. The van der Waals surface area contributed by atoms with E-state index in [2.05, 4.69) is 10.3 Å². The van der Waals surface area contributed by atoms with Gasteiger partial charge in [0.1, 0.15) is 11.3 Å². The lowest BCUT2D eigenvalue weighted by Crippen LogP contribution is -2.43. The van der Waals surface area contributed by atoms with Crippen molar-refractivity contribution >= 4 is 34.1 Å². The van der Waals surface area contributed by atoms with Gasteiger partial charge >= 0.3 is 0 Å². The van der Waals surface area contributed by atoms with Crippen LogP contribution in [0.5, 0.6) is 5.75 Å². The van der Waals surface area contributed by atoms with Crippen LogP contribution < -0.4 is 10.1 Å². The second kappa shape index (κ2) is 8.88. The largest absolute Gasteiger partial charge is 0.496 e. The van der Waals surface area contributed by atoms with E-state index in [9.17, 15) is 9.18 Å². The molecule has 0 saturated carbocycles. The van der Waals surface area contributed by atoms with Crippen LogP contribution in [0.1, 0.15) is 18.4 Å². The van der Waals surface area contributed by atoms with Gasteiger partial charge in [-0.2, -0.15) is 0 Å². The third-order valence-electron chi connectivity index (χ3n) is 5.54. The molecule has 0 atom stereocenters. The molecule has 0 bridgehead atoms. The Kier molecular flexibility index (Phi) is 6.04. The standard InChI is InChI=1S/C23H23ClFN3O2/c1-30-20-5-3-2-4-15(20)14-21(29)28-12-9-16(10-13-28)27-19-7-6-17-18(24)8-11-26-23(17)22(19)25/h2-8,11,16,27H,9-10,12-14H2,1H3. The van der Waals surface area contributed by atoms with Gasteiger partial charge in [-0.15, -0.1) is 0 Å². The number of piperidine rings is 1. The lowest BCUT2D eigenvalue weighted by atomic mass is 10.0. The van der Waals surface area contributed by atoms with Crippen LogP contribution in [0.4, 0.5) is 10.1 Å². The molecule has 1 aliphatic heterocycles. The van der Waals surface area contributed by atoms with Crippen molar-refractivity contribution in [1.82, 2.24) is 9.88 Å². The monoisotopic (exact) mass is 427 g/mol. The maximum Gasteiger partial charge on any atom is 0.227 e. The van der Waals surface area contributed by atoms with Gasteiger partial charge in [0.2, 0.25) is 5.91 Å². The summed E-state index contributed by atoms with van der Waals surface area (Å²) in [7, 11) is 1.61. The molecule has 4 rings (SSSR count). The van der Waals surface area contributed by atoms with Crippen LogP contribution in [0.25, 0.3) is 10.9 Å². The molecule has 1 amide bonds. The minimum absolute atomic E-state index is 0.0775. The Morgan fingerprint density at radius 2 is 2.00 bits per heavy atom. The summed E-state index contributed by atoms with van der Waals surface area (Å²) in [6, 6.07) is 12.8. The maximum atomic E-state index is 14.9. The zero-order valence-electron chi connectivity index (χ0n) is 16.7. The van der Waals surface area contributed by atoms with Gasteiger partial charge in [-0.3, -0.25) is 9.78 Å². The van der Waals surface area contributed by atoms with Crippen LogP contribution in [-0.4, -0.2) is 42.0 Å². The lowest BCUT2D eigenvalue weighted by molar-refractivity contribution is -0.131. The van der Waals surface area contributed by atoms with E-state index in [1.54, 1.807) is 25.3 Å². The van der Waals surface area contributed by atoms with E-state index < -0.39 is 5.82 Å². The molecule has 1 N–H and O–H groups in total. The SMILES string of the molecule is COc1ccccc1CC(=O)N1CCC(Nc2ccc3c(Cl)ccnc3c2F)CC1. The van der Waals surface area contributed by atoms with Crippen molar-refractivity contribution in [2.24, 2.45) is 0 Å². The minimum atomic E-state index is -0.398. The van der Waals surface area contributed by atoms with Crippen molar-refractivity contribution < 1.29 is 13.9 Å². The van der Waals surface area contributed by atoms with Crippen molar-refractivity contribution in [3.05, 3.63) is 65.1 Å². The molecule has 0 aliphatic carbocycles. The summed E-state index contributed by atoms with van der Waals surface area (Å²) in [4.78, 5) is 18.7. The topological polar surface area (TPSA) is 54.5 Å². The van der Waals surface area contributed by atoms with E-state index in [4.69, 9.17) is 16.3 Å². The minimum Gasteiger partial charge on any atom is -0.496 e. The van der Waals surface area contributed by atoms with Gasteiger partial charge in [-0.25, -0.2) is 4.39 Å². The Hall–Kier alpha value is -2.86. The number of halogens is 2. The molecule has 1 saturated heterocycles. The van der Waals surface area contributed by atoms with Gasteiger partial charge in [-0.1, -0.05) is 29.8 Å². The van der Waals surface area contributed by atoms with E-state index in [-0.39, 0.29) is 17.5 Å². The summed E-state index contributed by atoms with van der Waals surface area (Å²) >= 11 is 6.12. The fourth-order valence-electron chi connectivity index (χ4n) is 3.88. The Morgan fingerprint density at radius 1 is 1.23 bits per heavy atom. The van der Waals surface area contributed by atoms with Crippen LogP contribution in [0.15, 0.2) is 48.7 Å². The number of benzene rings is 2. The van der Waals surface area contributed by atoms with Gasteiger partial charge in [0.05, 0.1) is 24.2 Å². The average Bonchev–Trinajstić information content (AvgIpc) is 2.77. The number of hydrogen-bond acceptors (Lipinski definition) is 4. The molecule has 3 aromatic rings. The van der Waals surface area contributed by atoms with Crippen LogP contribution in [0, 0.1) is 5.82 Å². The van der Waals surface area contributed by atoms with Crippen LogP contribution in [0.2, 0.25) is 5.02 Å².